The number of hydrogen-bond donors (Lipinski definition) is 0. The number of nitrogens with zero attached hydrogens (tertiary/aromatic N) is 1. The number of alkyl halides is 3. The van der Waals surface area contributed by atoms with Crippen LogP contribution in [0.4, 0.5) is 8.78 Å². The summed E-state index contributed by atoms with van der Waals surface area (Å²) in [7, 11) is 0. The zero-order chi connectivity index (χ0) is 15.1. The van der Waals surface area contributed by atoms with E-state index in [2.05, 4.69) is 0 Å². The van der Waals surface area contributed by atoms with Crippen LogP contribution in [0.25, 0.3) is 0 Å². The molecule has 1 aromatic rings. The molecule has 112 valence electrons. The van der Waals surface area contributed by atoms with Crippen LogP contribution in [-0.2, 0) is 11.3 Å². The summed E-state index contributed by atoms with van der Waals surface area (Å²) in [5.41, 5.74) is 1.03. The second kappa shape index (κ2) is 5.26. The Bertz CT molecular complexity index is 531. The third-order valence-electron chi connectivity index (χ3n) is 4.13. The number of rotatable bonds is 5. The van der Waals surface area contributed by atoms with E-state index in [9.17, 15) is 13.6 Å². The molecule has 1 fully saturated rings. The van der Waals surface area contributed by atoms with Gasteiger partial charge < -0.3 is 4.90 Å². The van der Waals surface area contributed by atoms with Crippen LogP contribution in [0, 0.1) is 19.3 Å². The van der Waals surface area contributed by atoms with Gasteiger partial charge in [0.05, 0.1) is 5.41 Å². The van der Waals surface area contributed by atoms with Crippen molar-refractivity contribution < 1.29 is 13.6 Å². The van der Waals surface area contributed by atoms with Crippen LogP contribution < -0.4 is 0 Å². The molecule has 0 N–H and O–H groups in total. The molecule has 1 heterocycles. The van der Waals surface area contributed by atoms with Gasteiger partial charge in [0.1, 0.15) is 5.88 Å². The molecule has 0 spiro atoms. The Balaban J connectivity index is 2.13. The first-order valence-electron chi connectivity index (χ1n) is 6.45. The topological polar surface area (TPSA) is 20.3 Å². The van der Waals surface area contributed by atoms with E-state index in [4.69, 9.17) is 11.6 Å². The predicted octanol–water partition coefficient (Wildman–Crippen LogP) is 3.98. The molecular weight excluding hydrogens is 304 g/mol. The summed E-state index contributed by atoms with van der Waals surface area (Å²) in [4.78, 5) is 14.5. The van der Waals surface area contributed by atoms with Crippen molar-refractivity contribution in [3.05, 3.63) is 21.4 Å². The molecule has 20 heavy (non-hydrogen) atoms. The molecule has 0 saturated heterocycles. The largest absolute Gasteiger partial charge is 0.337 e. The first-order chi connectivity index (χ1) is 9.20. The third-order valence-corrected chi connectivity index (χ3v) is 5.42. The van der Waals surface area contributed by atoms with Crippen LogP contribution in [0.15, 0.2) is 5.38 Å². The number of amides is 1. The summed E-state index contributed by atoms with van der Waals surface area (Å²) in [5.74, 6) is -3.14. The average Bonchev–Trinajstić information content (AvgIpc) is 2.71. The second-order valence-electron chi connectivity index (χ2n) is 5.77. The van der Waals surface area contributed by atoms with Crippen LogP contribution in [0.2, 0.25) is 0 Å². The van der Waals surface area contributed by atoms with Gasteiger partial charge in [0.15, 0.2) is 0 Å². The Hall–Kier alpha value is -0.680. The van der Waals surface area contributed by atoms with Gasteiger partial charge in [-0.05, 0) is 30.4 Å². The van der Waals surface area contributed by atoms with Crippen molar-refractivity contribution in [1.29, 1.82) is 0 Å². The Morgan fingerprint density at radius 1 is 1.50 bits per heavy atom. The third kappa shape index (κ3) is 2.84. The van der Waals surface area contributed by atoms with Crippen molar-refractivity contribution in [3.8, 4) is 0 Å². The summed E-state index contributed by atoms with van der Waals surface area (Å²) in [6.45, 7) is 5.92. The molecule has 0 radical (unpaired) electrons. The van der Waals surface area contributed by atoms with E-state index in [-0.39, 0.29) is 24.8 Å². The minimum absolute atomic E-state index is 0.0554. The molecule has 1 unspecified atom stereocenters. The van der Waals surface area contributed by atoms with Gasteiger partial charge in [0, 0.05) is 24.4 Å². The normalized spacial score (nSPS) is 23.7. The van der Waals surface area contributed by atoms with Gasteiger partial charge in [0.25, 0.3) is 5.92 Å². The fourth-order valence-electron chi connectivity index (χ4n) is 2.28. The molecule has 1 saturated carbocycles. The van der Waals surface area contributed by atoms with Gasteiger partial charge in [-0.25, -0.2) is 8.78 Å². The van der Waals surface area contributed by atoms with Gasteiger partial charge >= 0.3 is 0 Å². The monoisotopic (exact) mass is 321 g/mol. The van der Waals surface area contributed by atoms with E-state index in [1.165, 1.54) is 16.7 Å². The van der Waals surface area contributed by atoms with Gasteiger partial charge in [-0.2, -0.15) is 0 Å². The number of aryl methyl sites for hydroxylation is 1. The van der Waals surface area contributed by atoms with E-state index in [0.717, 1.165) is 11.1 Å². The summed E-state index contributed by atoms with van der Waals surface area (Å²) < 4.78 is 26.7. The van der Waals surface area contributed by atoms with E-state index in [0.29, 0.717) is 6.54 Å². The van der Waals surface area contributed by atoms with Crippen LogP contribution >= 0.6 is 22.9 Å². The van der Waals surface area contributed by atoms with Crippen LogP contribution in [-0.4, -0.2) is 29.2 Å². The fraction of sp³-hybridized carbons (Fsp3) is 0.643. The van der Waals surface area contributed by atoms with E-state index in [1.807, 2.05) is 19.2 Å². The van der Waals surface area contributed by atoms with Crippen molar-refractivity contribution in [3.63, 3.8) is 0 Å². The van der Waals surface area contributed by atoms with Crippen LogP contribution in [0.1, 0.15) is 29.3 Å². The number of carbonyl (C=O) groups excluding carboxylic acids is 1. The van der Waals surface area contributed by atoms with Crippen LogP contribution in [0.3, 0.4) is 0 Å². The molecule has 0 aliphatic heterocycles. The first-order valence-corrected chi connectivity index (χ1v) is 7.87. The summed E-state index contributed by atoms with van der Waals surface area (Å²) >= 11 is 7.21. The minimum Gasteiger partial charge on any atom is -0.337 e. The number of carbonyl (C=O) groups is 1. The number of hydrogen-bond acceptors (Lipinski definition) is 2. The quantitative estimate of drug-likeness (QED) is 0.751. The number of thiophene rings is 1. The number of halogens is 3. The van der Waals surface area contributed by atoms with Crippen molar-refractivity contribution in [2.75, 3.05) is 12.4 Å². The summed E-state index contributed by atoms with van der Waals surface area (Å²) in [6.07, 6.45) is -0.159. The molecule has 6 heteroatoms. The highest BCUT2D eigenvalue weighted by Crippen LogP contribution is 2.60. The molecule has 1 aliphatic carbocycles. The highest BCUT2D eigenvalue weighted by molar-refractivity contribution is 7.10. The standard InChI is InChI=1S/C14H18ClF2NOS/c1-9-10(2)20-6-11(9)5-18(12(19)4-15)8-13(3)7-14(13,16)17/h6H,4-5,7-8H2,1-3H3. The van der Waals surface area contributed by atoms with Gasteiger partial charge in [0.2, 0.25) is 5.91 Å². The highest BCUT2D eigenvalue weighted by atomic mass is 35.5. The van der Waals surface area contributed by atoms with Crippen LogP contribution in [0.5, 0.6) is 0 Å². The lowest BCUT2D eigenvalue weighted by atomic mass is 10.1. The molecule has 0 bridgehead atoms. The SMILES string of the molecule is Cc1scc(CN(CC2(C)CC2(F)F)C(=O)CCl)c1C. The maximum Gasteiger partial charge on any atom is 0.256 e. The highest BCUT2D eigenvalue weighted by Gasteiger charge is 2.68. The molecule has 0 aromatic carbocycles. The lowest BCUT2D eigenvalue weighted by molar-refractivity contribution is -0.130. The Morgan fingerprint density at radius 3 is 2.50 bits per heavy atom. The van der Waals surface area contributed by atoms with Gasteiger partial charge in [-0.1, -0.05) is 6.92 Å². The first kappa shape index (κ1) is 15.7. The zero-order valence-electron chi connectivity index (χ0n) is 11.8. The molecule has 2 nitrogen and oxygen atoms in total. The average molecular weight is 322 g/mol. The van der Waals surface area contributed by atoms with Gasteiger partial charge in [-0.15, -0.1) is 22.9 Å². The Labute approximate surface area is 126 Å². The molecule has 1 aromatic heterocycles. The smallest absolute Gasteiger partial charge is 0.256 e. The van der Waals surface area contributed by atoms with Crippen molar-refractivity contribution >= 4 is 28.8 Å². The van der Waals surface area contributed by atoms with E-state index >= 15 is 0 Å². The Kier molecular flexibility index (Phi) is 4.13. The lowest BCUT2D eigenvalue weighted by Gasteiger charge is -2.25. The van der Waals surface area contributed by atoms with Crippen molar-refractivity contribution in [1.82, 2.24) is 4.90 Å². The fourth-order valence-corrected chi connectivity index (χ4v) is 3.33. The molecular formula is C14H18ClF2NOS. The molecule has 2 rings (SSSR count). The maximum atomic E-state index is 13.4. The summed E-state index contributed by atoms with van der Waals surface area (Å²) in [5, 5.41) is 1.98. The second-order valence-corrected chi connectivity index (χ2v) is 7.12. The van der Waals surface area contributed by atoms with Gasteiger partial charge in [-0.3, -0.25) is 4.79 Å². The molecule has 1 amide bonds. The summed E-state index contributed by atoms with van der Waals surface area (Å²) in [6, 6.07) is 0. The predicted molar refractivity (Wildman–Crippen MR) is 77.6 cm³/mol. The van der Waals surface area contributed by atoms with E-state index < -0.39 is 11.3 Å². The molecule has 1 aliphatic rings. The lowest BCUT2D eigenvalue weighted by Crippen LogP contribution is -2.37. The molecule has 1 atom stereocenters. The Morgan fingerprint density at radius 2 is 2.10 bits per heavy atom. The van der Waals surface area contributed by atoms with Crippen molar-refractivity contribution in [2.24, 2.45) is 5.41 Å². The van der Waals surface area contributed by atoms with E-state index in [1.54, 1.807) is 11.3 Å². The van der Waals surface area contributed by atoms with Crippen molar-refractivity contribution in [2.45, 2.75) is 39.7 Å². The maximum absolute atomic E-state index is 13.4. The zero-order valence-corrected chi connectivity index (χ0v) is 13.4. The minimum atomic E-state index is -2.67.